The van der Waals surface area contributed by atoms with Crippen molar-refractivity contribution in [1.82, 2.24) is 14.9 Å². The van der Waals surface area contributed by atoms with Gasteiger partial charge in [0, 0.05) is 43.9 Å². The highest BCUT2D eigenvalue weighted by Crippen LogP contribution is 2.26. The second-order valence-corrected chi connectivity index (χ2v) is 7.23. The molecular weight excluding hydrogens is 356 g/mol. The zero-order chi connectivity index (χ0) is 20.3. The van der Waals surface area contributed by atoms with Gasteiger partial charge in [-0.3, -0.25) is 4.79 Å². The second kappa shape index (κ2) is 8.46. The average Bonchev–Trinajstić information content (AvgIpc) is 2.72. The van der Waals surface area contributed by atoms with E-state index in [1.165, 1.54) is 0 Å². The summed E-state index contributed by atoms with van der Waals surface area (Å²) in [4.78, 5) is 26.3. The second-order valence-electron chi connectivity index (χ2n) is 7.23. The highest BCUT2D eigenvalue weighted by Gasteiger charge is 2.26. The molecule has 0 atom stereocenters. The number of ether oxygens (including phenoxy) is 2. The first-order valence-electron chi connectivity index (χ1n) is 9.54. The van der Waals surface area contributed by atoms with Crippen LogP contribution in [0.2, 0.25) is 0 Å². The molecule has 0 bridgehead atoms. The van der Waals surface area contributed by atoms with E-state index in [1.54, 1.807) is 32.4 Å². The van der Waals surface area contributed by atoms with Gasteiger partial charge in [0.1, 0.15) is 23.1 Å². The predicted octanol–water partition coefficient (Wildman–Crippen LogP) is 2.89. The molecule has 2 heterocycles. The fraction of sp³-hybridized carbons (Fsp3) is 0.476. The Morgan fingerprint density at radius 3 is 2.36 bits per heavy atom. The van der Waals surface area contributed by atoms with Gasteiger partial charge >= 0.3 is 0 Å². The number of anilines is 1. The summed E-state index contributed by atoms with van der Waals surface area (Å²) in [6.45, 7) is 8.88. The van der Waals surface area contributed by atoms with Crippen LogP contribution in [0.25, 0.3) is 0 Å². The van der Waals surface area contributed by atoms with Gasteiger partial charge in [-0.1, -0.05) is 13.8 Å². The SMILES string of the molecule is COc1ccc(OC)c(C(=O)N2CCN(c3cc(C)nc(C(C)C)n3)CC2)c1. The lowest BCUT2D eigenvalue weighted by molar-refractivity contribution is 0.0742. The molecule has 3 rings (SSSR count). The first-order chi connectivity index (χ1) is 13.4. The van der Waals surface area contributed by atoms with Crippen LogP contribution in [0.15, 0.2) is 24.3 Å². The van der Waals surface area contributed by atoms with Gasteiger partial charge in [0.25, 0.3) is 5.91 Å². The van der Waals surface area contributed by atoms with Gasteiger partial charge in [0.2, 0.25) is 0 Å². The van der Waals surface area contributed by atoms with E-state index in [-0.39, 0.29) is 11.8 Å². The molecule has 0 saturated carbocycles. The van der Waals surface area contributed by atoms with Crippen LogP contribution in [-0.2, 0) is 0 Å². The van der Waals surface area contributed by atoms with E-state index in [1.807, 2.05) is 17.9 Å². The summed E-state index contributed by atoms with van der Waals surface area (Å²) < 4.78 is 10.6. The fourth-order valence-corrected chi connectivity index (χ4v) is 3.28. The van der Waals surface area contributed by atoms with Crippen LogP contribution in [0.5, 0.6) is 11.5 Å². The monoisotopic (exact) mass is 384 g/mol. The van der Waals surface area contributed by atoms with Crippen molar-refractivity contribution in [3.05, 3.63) is 41.3 Å². The zero-order valence-electron chi connectivity index (χ0n) is 17.2. The molecule has 1 saturated heterocycles. The standard InChI is InChI=1S/C21H28N4O3/c1-14(2)20-22-15(3)12-19(23-20)24-8-10-25(11-9-24)21(26)17-13-16(27-4)6-7-18(17)28-5/h6-7,12-14H,8-11H2,1-5H3. The van der Waals surface area contributed by atoms with Crippen LogP contribution in [0.4, 0.5) is 5.82 Å². The number of methoxy groups -OCH3 is 2. The van der Waals surface area contributed by atoms with Crippen LogP contribution < -0.4 is 14.4 Å². The zero-order valence-corrected chi connectivity index (χ0v) is 17.2. The van der Waals surface area contributed by atoms with Gasteiger partial charge in [-0.2, -0.15) is 0 Å². The van der Waals surface area contributed by atoms with Gasteiger partial charge in [-0.05, 0) is 25.1 Å². The minimum atomic E-state index is -0.0443. The van der Waals surface area contributed by atoms with Crippen LogP contribution in [0.3, 0.4) is 0 Å². The molecule has 1 aliphatic rings. The first kappa shape index (κ1) is 19.9. The van der Waals surface area contributed by atoms with Crippen molar-refractivity contribution in [1.29, 1.82) is 0 Å². The van der Waals surface area contributed by atoms with Crippen molar-refractivity contribution in [2.75, 3.05) is 45.3 Å². The molecule has 1 aromatic heterocycles. The molecule has 0 aliphatic carbocycles. The van der Waals surface area contributed by atoms with Crippen LogP contribution in [-0.4, -0.2) is 61.2 Å². The number of hydrogen-bond acceptors (Lipinski definition) is 6. The molecule has 150 valence electrons. The fourth-order valence-electron chi connectivity index (χ4n) is 3.28. The van der Waals surface area contributed by atoms with Gasteiger partial charge in [-0.15, -0.1) is 0 Å². The largest absolute Gasteiger partial charge is 0.497 e. The van der Waals surface area contributed by atoms with Crippen LogP contribution >= 0.6 is 0 Å². The van der Waals surface area contributed by atoms with Crippen molar-refractivity contribution in [2.45, 2.75) is 26.7 Å². The lowest BCUT2D eigenvalue weighted by atomic mass is 10.1. The van der Waals surface area contributed by atoms with E-state index in [2.05, 4.69) is 23.7 Å². The maximum Gasteiger partial charge on any atom is 0.257 e. The minimum Gasteiger partial charge on any atom is -0.497 e. The Hall–Kier alpha value is -2.83. The summed E-state index contributed by atoms with van der Waals surface area (Å²) in [7, 11) is 3.16. The molecule has 1 amide bonds. The van der Waals surface area contributed by atoms with E-state index in [4.69, 9.17) is 14.5 Å². The van der Waals surface area contributed by atoms with Gasteiger partial charge < -0.3 is 19.3 Å². The molecule has 7 heteroatoms. The van der Waals surface area contributed by atoms with Crippen molar-refractivity contribution in [3.63, 3.8) is 0 Å². The van der Waals surface area contributed by atoms with Gasteiger partial charge in [0.15, 0.2) is 0 Å². The lowest BCUT2D eigenvalue weighted by Gasteiger charge is -2.36. The maximum atomic E-state index is 13.0. The Morgan fingerprint density at radius 2 is 1.75 bits per heavy atom. The highest BCUT2D eigenvalue weighted by molar-refractivity contribution is 5.97. The Morgan fingerprint density at radius 1 is 1.04 bits per heavy atom. The number of benzene rings is 1. The third-order valence-electron chi connectivity index (χ3n) is 4.90. The first-order valence-corrected chi connectivity index (χ1v) is 9.54. The molecule has 1 fully saturated rings. The third-order valence-corrected chi connectivity index (χ3v) is 4.90. The summed E-state index contributed by atoms with van der Waals surface area (Å²) in [6.07, 6.45) is 0. The molecule has 1 aromatic carbocycles. The van der Waals surface area contributed by atoms with E-state index < -0.39 is 0 Å². The van der Waals surface area contributed by atoms with Crippen molar-refractivity contribution in [3.8, 4) is 11.5 Å². The van der Waals surface area contributed by atoms with Crippen LogP contribution in [0, 0.1) is 6.92 Å². The molecule has 0 N–H and O–H groups in total. The Kier molecular flexibility index (Phi) is 6.02. The van der Waals surface area contributed by atoms with Crippen LogP contribution in [0.1, 0.15) is 41.6 Å². The van der Waals surface area contributed by atoms with E-state index in [0.717, 1.165) is 30.4 Å². The smallest absolute Gasteiger partial charge is 0.257 e. The summed E-state index contributed by atoms with van der Waals surface area (Å²) >= 11 is 0. The Labute approximate surface area is 166 Å². The summed E-state index contributed by atoms with van der Waals surface area (Å²) in [6, 6.07) is 7.29. The molecule has 1 aliphatic heterocycles. The van der Waals surface area contributed by atoms with Crippen molar-refractivity contribution < 1.29 is 14.3 Å². The highest BCUT2D eigenvalue weighted by atomic mass is 16.5. The van der Waals surface area contributed by atoms with Gasteiger partial charge in [-0.25, -0.2) is 9.97 Å². The molecule has 0 spiro atoms. The van der Waals surface area contributed by atoms with E-state index >= 15 is 0 Å². The minimum absolute atomic E-state index is 0.0443. The summed E-state index contributed by atoms with van der Waals surface area (Å²) in [5.74, 6) is 3.22. The third kappa shape index (κ3) is 4.18. The van der Waals surface area contributed by atoms with E-state index in [0.29, 0.717) is 30.2 Å². The molecule has 0 unspecified atom stereocenters. The number of amides is 1. The Bertz CT molecular complexity index is 846. The number of rotatable bonds is 5. The quantitative estimate of drug-likeness (QED) is 0.790. The Balaban J connectivity index is 1.73. The van der Waals surface area contributed by atoms with E-state index in [9.17, 15) is 4.79 Å². The average molecular weight is 384 g/mol. The number of carbonyl (C=O) groups excluding carboxylic acids is 1. The number of piperazine rings is 1. The topological polar surface area (TPSA) is 67.8 Å². The van der Waals surface area contributed by atoms with Crippen molar-refractivity contribution >= 4 is 11.7 Å². The number of aromatic nitrogens is 2. The molecule has 0 radical (unpaired) electrons. The summed E-state index contributed by atoms with van der Waals surface area (Å²) in [5, 5.41) is 0. The normalized spacial score (nSPS) is 14.4. The number of aryl methyl sites for hydroxylation is 1. The molecule has 28 heavy (non-hydrogen) atoms. The number of carbonyl (C=O) groups is 1. The van der Waals surface area contributed by atoms with Gasteiger partial charge in [0.05, 0.1) is 19.8 Å². The van der Waals surface area contributed by atoms with Crippen molar-refractivity contribution in [2.24, 2.45) is 0 Å². The summed E-state index contributed by atoms with van der Waals surface area (Å²) in [5.41, 5.74) is 1.49. The number of nitrogens with zero attached hydrogens (tertiary/aromatic N) is 4. The number of hydrogen-bond donors (Lipinski definition) is 0. The molecule has 7 nitrogen and oxygen atoms in total. The predicted molar refractivity (Wildman–Crippen MR) is 109 cm³/mol. The molecule has 2 aromatic rings. The lowest BCUT2D eigenvalue weighted by Crippen LogP contribution is -2.49. The molecular formula is C21H28N4O3. The maximum absolute atomic E-state index is 13.0.